The number of hydrogen-bond acceptors (Lipinski definition) is 1. The largest absolute Gasteiger partial charge is 0.433 e. The summed E-state index contributed by atoms with van der Waals surface area (Å²) in [6.07, 6.45) is -4.57. The minimum absolute atomic E-state index is 0.0902. The first-order chi connectivity index (χ1) is 8.97. The highest BCUT2D eigenvalue weighted by Crippen LogP contribution is 2.36. The maximum Gasteiger partial charge on any atom is 0.433 e. The number of rotatable bonds is 0. The third-order valence-corrected chi connectivity index (χ3v) is 2.93. The van der Waals surface area contributed by atoms with E-state index in [9.17, 15) is 17.6 Å². The minimum Gasteiger partial charge on any atom is -0.243 e. The molecule has 0 N–H and O–H groups in total. The summed E-state index contributed by atoms with van der Waals surface area (Å²) in [6, 6.07) is 9.62. The predicted octanol–water partition coefficient (Wildman–Crippen LogP) is 4.55. The van der Waals surface area contributed by atoms with Crippen molar-refractivity contribution in [2.45, 2.75) is 6.18 Å². The number of hydrogen-bond donors (Lipinski definition) is 0. The van der Waals surface area contributed by atoms with Crippen molar-refractivity contribution in [3.63, 3.8) is 0 Å². The van der Waals surface area contributed by atoms with E-state index in [0.29, 0.717) is 5.39 Å². The predicted molar refractivity (Wildman–Crippen MR) is 64.2 cm³/mol. The second-order valence-electron chi connectivity index (χ2n) is 4.17. The van der Waals surface area contributed by atoms with Gasteiger partial charge >= 0.3 is 6.18 Å². The fraction of sp³-hybridized carbons (Fsp3) is 0.0714. The summed E-state index contributed by atoms with van der Waals surface area (Å²) in [7, 11) is 0. The molecule has 96 valence electrons. The number of nitrogens with zero attached hydrogens (tertiary/aromatic N) is 1. The van der Waals surface area contributed by atoms with E-state index in [0.717, 1.165) is 18.2 Å². The summed E-state index contributed by atoms with van der Waals surface area (Å²) in [5.74, 6) is -0.572. The standard InChI is InChI=1S/C14H7F4N/c15-8-5-6-10-11(7-8)9-3-1-2-4-12(9)19-13(10)14(16,17)18/h1-7H. The lowest BCUT2D eigenvalue weighted by Crippen LogP contribution is -2.09. The van der Waals surface area contributed by atoms with E-state index in [4.69, 9.17) is 0 Å². The topological polar surface area (TPSA) is 12.9 Å². The number of fused-ring (bicyclic) bond motifs is 3. The van der Waals surface area contributed by atoms with Crippen LogP contribution in [0.2, 0.25) is 0 Å². The van der Waals surface area contributed by atoms with Crippen molar-refractivity contribution >= 4 is 21.7 Å². The normalized spacial score (nSPS) is 12.2. The molecule has 0 radical (unpaired) electrons. The molecule has 0 bridgehead atoms. The van der Waals surface area contributed by atoms with Crippen LogP contribution in [0.15, 0.2) is 42.5 Å². The van der Waals surface area contributed by atoms with Gasteiger partial charge in [0, 0.05) is 10.8 Å². The van der Waals surface area contributed by atoms with Crippen molar-refractivity contribution in [3.8, 4) is 0 Å². The van der Waals surface area contributed by atoms with E-state index in [1.807, 2.05) is 0 Å². The van der Waals surface area contributed by atoms with Crippen LogP contribution in [0.4, 0.5) is 17.6 Å². The SMILES string of the molecule is Fc1ccc2c(C(F)(F)F)nc3ccccc3c2c1. The molecular weight excluding hydrogens is 258 g/mol. The molecule has 0 saturated heterocycles. The second-order valence-corrected chi connectivity index (χ2v) is 4.17. The molecule has 0 unspecified atom stereocenters. The van der Waals surface area contributed by atoms with Gasteiger partial charge in [-0.3, -0.25) is 0 Å². The number of benzene rings is 2. The Hall–Kier alpha value is -2.17. The molecule has 0 fully saturated rings. The smallest absolute Gasteiger partial charge is 0.243 e. The van der Waals surface area contributed by atoms with Gasteiger partial charge in [0.1, 0.15) is 5.82 Å². The molecule has 0 aliphatic carbocycles. The van der Waals surface area contributed by atoms with Crippen LogP contribution in [-0.4, -0.2) is 4.98 Å². The first kappa shape index (κ1) is 11.9. The first-order valence-electron chi connectivity index (χ1n) is 5.52. The van der Waals surface area contributed by atoms with Crippen LogP contribution in [0.5, 0.6) is 0 Å². The summed E-state index contributed by atoms with van der Waals surface area (Å²) in [4.78, 5) is 3.66. The molecule has 5 heteroatoms. The molecule has 0 saturated carbocycles. The maximum absolute atomic E-state index is 13.3. The molecule has 1 heterocycles. The molecule has 0 spiro atoms. The van der Waals surface area contributed by atoms with Gasteiger partial charge in [0.25, 0.3) is 0 Å². The Bertz CT molecular complexity index is 777. The Balaban J connectivity index is 2.55. The molecular formula is C14H7F4N. The zero-order valence-corrected chi connectivity index (χ0v) is 9.50. The average molecular weight is 265 g/mol. The molecule has 2 aromatic carbocycles. The van der Waals surface area contributed by atoms with Crippen molar-refractivity contribution in [2.75, 3.05) is 0 Å². The Morgan fingerprint density at radius 2 is 1.58 bits per heavy atom. The highest BCUT2D eigenvalue weighted by atomic mass is 19.4. The van der Waals surface area contributed by atoms with E-state index >= 15 is 0 Å². The average Bonchev–Trinajstić information content (AvgIpc) is 2.36. The van der Waals surface area contributed by atoms with Crippen LogP contribution in [0.1, 0.15) is 5.69 Å². The number of pyridine rings is 1. The highest BCUT2D eigenvalue weighted by molar-refractivity contribution is 6.06. The Morgan fingerprint density at radius 3 is 2.32 bits per heavy atom. The third-order valence-electron chi connectivity index (χ3n) is 2.93. The van der Waals surface area contributed by atoms with Crippen LogP contribution in [0.25, 0.3) is 21.7 Å². The zero-order valence-electron chi connectivity index (χ0n) is 9.50. The van der Waals surface area contributed by atoms with Crippen molar-refractivity contribution < 1.29 is 17.6 Å². The Kier molecular flexibility index (Phi) is 2.45. The van der Waals surface area contributed by atoms with Crippen LogP contribution < -0.4 is 0 Å². The molecule has 19 heavy (non-hydrogen) atoms. The lowest BCUT2D eigenvalue weighted by molar-refractivity contribution is -0.139. The van der Waals surface area contributed by atoms with Crippen LogP contribution in [0, 0.1) is 5.82 Å². The third kappa shape index (κ3) is 1.91. The van der Waals surface area contributed by atoms with Gasteiger partial charge in [-0.1, -0.05) is 18.2 Å². The summed E-state index contributed by atoms with van der Waals surface area (Å²) in [5, 5.41) is 0.635. The number of para-hydroxylation sites is 1. The van der Waals surface area contributed by atoms with Gasteiger partial charge < -0.3 is 0 Å². The van der Waals surface area contributed by atoms with Crippen molar-refractivity contribution in [1.29, 1.82) is 0 Å². The quantitative estimate of drug-likeness (QED) is 0.429. The van der Waals surface area contributed by atoms with Gasteiger partial charge in [-0.25, -0.2) is 9.37 Å². The van der Waals surface area contributed by atoms with E-state index in [1.54, 1.807) is 18.2 Å². The first-order valence-corrected chi connectivity index (χ1v) is 5.52. The summed E-state index contributed by atoms with van der Waals surface area (Å²) in [6.45, 7) is 0. The monoisotopic (exact) mass is 265 g/mol. The lowest BCUT2D eigenvalue weighted by Gasteiger charge is -2.12. The van der Waals surface area contributed by atoms with Gasteiger partial charge in [0.15, 0.2) is 5.69 Å². The number of aromatic nitrogens is 1. The molecule has 3 aromatic rings. The van der Waals surface area contributed by atoms with Crippen molar-refractivity contribution in [1.82, 2.24) is 4.98 Å². The van der Waals surface area contributed by atoms with Crippen LogP contribution in [-0.2, 0) is 6.18 Å². The lowest BCUT2D eigenvalue weighted by atomic mass is 10.0. The molecule has 0 atom stereocenters. The Morgan fingerprint density at radius 1 is 0.842 bits per heavy atom. The molecule has 1 nitrogen and oxygen atoms in total. The van der Waals surface area contributed by atoms with Gasteiger partial charge in [0.05, 0.1) is 5.52 Å². The van der Waals surface area contributed by atoms with E-state index in [2.05, 4.69) is 4.98 Å². The van der Waals surface area contributed by atoms with Gasteiger partial charge in [-0.05, 0) is 29.7 Å². The van der Waals surface area contributed by atoms with E-state index < -0.39 is 17.7 Å². The molecule has 0 amide bonds. The number of halogens is 4. The fourth-order valence-electron chi connectivity index (χ4n) is 2.14. The highest BCUT2D eigenvalue weighted by Gasteiger charge is 2.35. The maximum atomic E-state index is 13.3. The summed E-state index contributed by atoms with van der Waals surface area (Å²) in [5.41, 5.74) is -0.783. The van der Waals surface area contributed by atoms with Gasteiger partial charge in [0.2, 0.25) is 0 Å². The summed E-state index contributed by atoms with van der Waals surface area (Å²) >= 11 is 0. The zero-order chi connectivity index (χ0) is 13.6. The molecule has 0 aliphatic heterocycles. The molecule has 0 aliphatic rings. The van der Waals surface area contributed by atoms with Crippen molar-refractivity contribution in [2.24, 2.45) is 0 Å². The summed E-state index contributed by atoms with van der Waals surface area (Å²) < 4.78 is 52.3. The van der Waals surface area contributed by atoms with Gasteiger partial charge in [-0.2, -0.15) is 13.2 Å². The van der Waals surface area contributed by atoms with Crippen molar-refractivity contribution in [3.05, 3.63) is 54.0 Å². The van der Waals surface area contributed by atoms with Gasteiger partial charge in [-0.15, -0.1) is 0 Å². The molecule has 3 rings (SSSR count). The molecule has 1 aromatic heterocycles. The second kappa shape index (κ2) is 3.91. The van der Waals surface area contributed by atoms with Crippen LogP contribution >= 0.6 is 0 Å². The number of alkyl halides is 3. The minimum atomic E-state index is -4.57. The van der Waals surface area contributed by atoms with E-state index in [1.165, 1.54) is 6.07 Å². The van der Waals surface area contributed by atoms with Crippen LogP contribution in [0.3, 0.4) is 0 Å². The van der Waals surface area contributed by atoms with E-state index in [-0.39, 0.29) is 16.3 Å². The Labute approximate surface area is 105 Å². The fourth-order valence-corrected chi connectivity index (χ4v) is 2.14.